The molecule has 27 heavy (non-hydrogen) atoms. The Morgan fingerprint density at radius 1 is 1.33 bits per heavy atom. The molecule has 1 atom stereocenters. The van der Waals surface area contributed by atoms with E-state index in [-0.39, 0.29) is 24.2 Å². The molecule has 138 valence electrons. The number of halogens is 2. The fourth-order valence-corrected chi connectivity index (χ4v) is 2.78. The van der Waals surface area contributed by atoms with Crippen molar-refractivity contribution in [1.82, 2.24) is 0 Å². The molecule has 2 aromatic carbocycles. The summed E-state index contributed by atoms with van der Waals surface area (Å²) in [5.41, 5.74) is -0.253. The highest BCUT2D eigenvalue weighted by atomic mass is 35.5. The molecule has 1 aliphatic rings. The summed E-state index contributed by atoms with van der Waals surface area (Å²) in [5, 5.41) is 12.7. The Balaban J connectivity index is 2.16. The molecule has 1 unspecified atom stereocenters. The monoisotopic (exact) mass is 387 g/mol. The van der Waals surface area contributed by atoms with Crippen LogP contribution in [0.4, 0.5) is 10.1 Å². The zero-order valence-electron chi connectivity index (χ0n) is 14.2. The molecule has 3 rings (SSSR count). The maximum Gasteiger partial charge on any atom is 0.338 e. The van der Waals surface area contributed by atoms with E-state index in [0.717, 1.165) is 0 Å². The van der Waals surface area contributed by atoms with Gasteiger partial charge >= 0.3 is 5.97 Å². The number of hydrogen-bond acceptors (Lipinski definition) is 4. The molecule has 0 radical (unpaired) electrons. The van der Waals surface area contributed by atoms with Gasteiger partial charge in [0.1, 0.15) is 11.7 Å². The fraction of sp³-hybridized carbons (Fsp3) is 0.158. The Hall–Kier alpha value is -3.06. The van der Waals surface area contributed by atoms with Crippen molar-refractivity contribution < 1.29 is 19.1 Å². The van der Waals surface area contributed by atoms with E-state index in [1.54, 1.807) is 36.4 Å². The summed E-state index contributed by atoms with van der Waals surface area (Å²) >= 11 is 6.10. The number of aldehydes is 1. The van der Waals surface area contributed by atoms with Crippen LogP contribution in [0.15, 0.2) is 52.4 Å². The third-order valence-electron chi connectivity index (χ3n) is 4.06. The number of nitrogens with one attached hydrogen (secondary N) is 1. The van der Waals surface area contributed by atoms with Crippen molar-refractivity contribution in [2.75, 3.05) is 11.9 Å². The first-order valence-electron chi connectivity index (χ1n) is 7.99. The Bertz CT molecular complexity index is 990. The number of fused-ring (bicyclic) bond motifs is 1. The van der Waals surface area contributed by atoms with Crippen molar-refractivity contribution in [3.8, 4) is 0 Å². The first-order chi connectivity index (χ1) is 12.8. The molecule has 0 saturated heterocycles. The van der Waals surface area contributed by atoms with E-state index >= 15 is 0 Å². The lowest BCUT2D eigenvalue weighted by atomic mass is 10.00. The van der Waals surface area contributed by atoms with Crippen LogP contribution >= 0.6 is 11.6 Å². The van der Waals surface area contributed by atoms with Crippen LogP contribution in [0.25, 0.3) is 0 Å². The predicted molar refractivity (Wildman–Crippen MR) is 102 cm³/mol. The summed E-state index contributed by atoms with van der Waals surface area (Å²) in [6.45, 7) is 1.12. The molecular formula is C19H15ClFN3O3. The molecule has 1 heterocycles. The molecule has 6 nitrogen and oxygen atoms in total. The number of carbonyl (C=O) groups excluding carboxylic acids is 1. The van der Waals surface area contributed by atoms with Crippen molar-refractivity contribution in [2.24, 2.45) is 9.98 Å². The van der Waals surface area contributed by atoms with E-state index in [2.05, 4.69) is 15.3 Å². The molecule has 0 fully saturated rings. The van der Waals surface area contributed by atoms with Crippen LogP contribution in [0.2, 0.25) is 5.02 Å². The first-order valence-corrected chi connectivity index (χ1v) is 8.36. The molecule has 0 aliphatic carbocycles. The van der Waals surface area contributed by atoms with Crippen LogP contribution in [0.3, 0.4) is 0 Å². The van der Waals surface area contributed by atoms with Gasteiger partial charge in [-0.05, 0) is 37.3 Å². The number of carboxylic acids is 1. The fourth-order valence-electron chi connectivity index (χ4n) is 2.61. The van der Waals surface area contributed by atoms with Gasteiger partial charge in [-0.3, -0.25) is 9.79 Å². The van der Waals surface area contributed by atoms with E-state index in [1.165, 1.54) is 13.0 Å². The maximum absolute atomic E-state index is 14.3. The van der Waals surface area contributed by atoms with Crippen LogP contribution < -0.4 is 5.32 Å². The van der Waals surface area contributed by atoms with Crippen LogP contribution in [-0.2, 0) is 9.59 Å². The number of hydrogen-bond donors (Lipinski definition) is 2. The largest absolute Gasteiger partial charge is 0.479 e. The van der Waals surface area contributed by atoms with E-state index in [1.807, 2.05) is 0 Å². The minimum atomic E-state index is -1.95. The highest BCUT2D eigenvalue weighted by Crippen LogP contribution is 2.27. The molecule has 2 aromatic rings. The van der Waals surface area contributed by atoms with Crippen molar-refractivity contribution in [3.05, 3.63) is 64.4 Å². The van der Waals surface area contributed by atoms with Gasteiger partial charge in [-0.1, -0.05) is 23.7 Å². The van der Waals surface area contributed by atoms with Gasteiger partial charge in [0, 0.05) is 21.8 Å². The number of anilines is 1. The summed E-state index contributed by atoms with van der Waals surface area (Å²) in [6.07, 6.45) is 0.249. The predicted octanol–water partition coefficient (Wildman–Crippen LogP) is 3.18. The molecule has 0 aromatic heterocycles. The zero-order chi connectivity index (χ0) is 19.6. The third-order valence-corrected chi connectivity index (χ3v) is 4.30. The van der Waals surface area contributed by atoms with Crippen molar-refractivity contribution in [1.29, 1.82) is 0 Å². The van der Waals surface area contributed by atoms with Crippen molar-refractivity contribution in [3.63, 3.8) is 0 Å². The number of aliphatic carboxylic acids is 1. The quantitative estimate of drug-likeness (QED) is 0.622. The van der Waals surface area contributed by atoms with Crippen LogP contribution in [0.5, 0.6) is 0 Å². The highest BCUT2D eigenvalue weighted by molar-refractivity contribution is 6.32. The molecule has 0 bridgehead atoms. The van der Waals surface area contributed by atoms with Crippen LogP contribution in [0.1, 0.15) is 18.1 Å². The highest BCUT2D eigenvalue weighted by Gasteiger charge is 2.33. The summed E-state index contributed by atoms with van der Waals surface area (Å²) in [5.74, 6) is -1.67. The summed E-state index contributed by atoms with van der Waals surface area (Å²) in [4.78, 5) is 31.0. The first kappa shape index (κ1) is 18.7. The second-order valence-corrected chi connectivity index (χ2v) is 6.53. The van der Waals surface area contributed by atoms with Gasteiger partial charge in [0.05, 0.1) is 12.3 Å². The molecule has 0 saturated carbocycles. The average molecular weight is 388 g/mol. The lowest BCUT2D eigenvalue weighted by Crippen LogP contribution is -2.37. The van der Waals surface area contributed by atoms with Crippen LogP contribution in [-0.4, -0.2) is 41.0 Å². The van der Waals surface area contributed by atoms with Crippen LogP contribution in [0, 0.1) is 5.82 Å². The minimum absolute atomic E-state index is 0.0628. The number of nitrogens with zero attached hydrogens (tertiary/aromatic N) is 2. The Labute approximate surface area is 159 Å². The van der Waals surface area contributed by atoms with E-state index in [4.69, 9.17) is 11.6 Å². The molecule has 1 aliphatic heterocycles. The molecular weight excluding hydrogens is 373 g/mol. The number of rotatable bonds is 4. The number of benzene rings is 2. The van der Waals surface area contributed by atoms with Gasteiger partial charge in [0.25, 0.3) is 0 Å². The average Bonchev–Trinajstić information content (AvgIpc) is 2.81. The Morgan fingerprint density at radius 3 is 2.74 bits per heavy atom. The minimum Gasteiger partial charge on any atom is -0.479 e. The standard InChI is InChI=1S/C19H15ClFN3O3/c1-19(10-25,18(26)27)24-16-9-22-17(12-4-2-3-5-14(12)21)13-8-11(20)6-7-15(13)23-16/h2-8,10H,9H2,1H3,(H,23,24)(H,26,27). The lowest BCUT2D eigenvalue weighted by Gasteiger charge is -2.16. The Kier molecular flexibility index (Phi) is 5.05. The molecule has 8 heteroatoms. The summed E-state index contributed by atoms with van der Waals surface area (Å²) in [7, 11) is 0. The van der Waals surface area contributed by atoms with Gasteiger partial charge in [0.2, 0.25) is 5.54 Å². The van der Waals surface area contributed by atoms with Gasteiger partial charge in [-0.2, -0.15) is 0 Å². The van der Waals surface area contributed by atoms with Gasteiger partial charge < -0.3 is 10.4 Å². The van der Waals surface area contributed by atoms with Crippen molar-refractivity contribution >= 4 is 41.1 Å². The Morgan fingerprint density at radius 2 is 2.07 bits per heavy atom. The normalized spacial score (nSPS) is 17.1. The topological polar surface area (TPSA) is 91.1 Å². The third kappa shape index (κ3) is 3.73. The van der Waals surface area contributed by atoms with E-state index in [0.29, 0.717) is 22.0 Å². The number of benzodiazepines with no additional fused rings is 1. The zero-order valence-corrected chi connectivity index (χ0v) is 15.0. The van der Waals surface area contributed by atoms with Gasteiger partial charge in [-0.25, -0.2) is 14.2 Å². The molecule has 0 spiro atoms. The van der Waals surface area contributed by atoms with Crippen molar-refractivity contribution in [2.45, 2.75) is 12.5 Å². The van der Waals surface area contributed by atoms with Gasteiger partial charge in [0.15, 0.2) is 6.29 Å². The number of carboxylic acid groups (broad SMARTS) is 1. The molecule has 0 amide bonds. The lowest BCUT2D eigenvalue weighted by molar-refractivity contribution is -0.144. The van der Waals surface area contributed by atoms with E-state index in [9.17, 15) is 19.1 Å². The maximum atomic E-state index is 14.3. The second-order valence-electron chi connectivity index (χ2n) is 6.09. The summed E-state index contributed by atoms with van der Waals surface area (Å²) < 4.78 is 14.3. The van der Waals surface area contributed by atoms with Gasteiger partial charge in [-0.15, -0.1) is 0 Å². The number of carbonyl (C=O) groups is 2. The molecule has 2 N–H and O–H groups in total. The number of amidine groups is 1. The smallest absolute Gasteiger partial charge is 0.338 e. The number of aliphatic imine (C=N–C) groups is 2. The second kappa shape index (κ2) is 7.28. The van der Waals surface area contributed by atoms with E-state index < -0.39 is 17.3 Å². The SMILES string of the molecule is CC(C=O)(N=C1CN=C(c2ccccc2F)c2cc(Cl)ccc2N1)C(=O)O. The summed E-state index contributed by atoms with van der Waals surface area (Å²) in [6, 6.07) is 11.1.